The summed E-state index contributed by atoms with van der Waals surface area (Å²) in [5.74, 6) is 0.415. The molecule has 2 aliphatic carbocycles. The van der Waals surface area contributed by atoms with E-state index in [9.17, 15) is 4.79 Å². The van der Waals surface area contributed by atoms with Gasteiger partial charge in [0.1, 0.15) is 0 Å². The predicted octanol–water partition coefficient (Wildman–Crippen LogP) is 5.30. The van der Waals surface area contributed by atoms with Gasteiger partial charge in [0.25, 0.3) is 5.91 Å². The average molecular weight is 466 g/mol. The Hall–Kier alpha value is -2.15. The number of benzene rings is 1. The molecule has 0 aromatic heterocycles. The van der Waals surface area contributed by atoms with E-state index in [4.69, 9.17) is 9.73 Å². The molecule has 1 aromatic carbocycles. The van der Waals surface area contributed by atoms with Gasteiger partial charge in [0.15, 0.2) is 0 Å². The highest BCUT2D eigenvalue weighted by Gasteiger charge is 2.29. The smallest absolute Gasteiger partial charge is 0.265 e. The van der Waals surface area contributed by atoms with Gasteiger partial charge in [0.05, 0.1) is 29.9 Å². The number of allylic oxidation sites excluding steroid dienone is 2. The van der Waals surface area contributed by atoms with Gasteiger partial charge in [-0.1, -0.05) is 63.5 Å². The molecule has 1 saturated heterocycles. The van der Waals surface area contributed by atoms with Crippen molar-refractivity contribution in [3.63, 3.8) is 0 Å². The molecule has 5 rings (SSSR count). The second-order valence-corrected chi connectivity index (χ2v) is 9.67. The number of amides is 1. The van der Waals surface area contributed by atoms with Crippen molar-refractivity contribution in [1.82, 2.24) is 10.4 Å². The van der Waals surface area contributed by atoms with Crippen LogP contribution in [0.5, 0.6) is 0 Å². The molecule has 2 fully saturated rings. The van der Waals surface area contributed by atoms with Gasteiger partial charge in [0.2, 0.25) is 0 Å². The molecule has 2 heterocycles. The lowest BCUT2D eigenvalue weighted by Gasteiger charge is -2.27. The first kappa shape index (κ1) is 24.0. The number of fused-ring (bicyclic) bond motifs is 2. The Morgan fingerprint density at radius 1 is 1.12 bits per heavy atom. The van der Waals surface area contributed by atoms with Crippen LogP contribution in [0.25, 0.3) is 0 Å². The van der Waals surface area contributed by atoms with Crippen LogP contribution in [0.15, 0.2) is 69.7 Å². The van der Waals surface area contributed by atoms with E-state index >= 15 is 0 Å². The van der Waals surface area contributed by atoms with Crippen molar-refractivity contribution in [1.29, 1.82) is 0 Å². The highest BCUT2D eigenvalue weighted by Crippen LogP contribution is 2.40. The van der Waals surface area contributed by atoms with Crippen molar-refractivity contribution in [3.05, 3.63) is 65.4 Å². The molecule has 6 heteroatoms. The Morgan fingerprint density at radius 3 is 2.67 bits per heavy atom. The maximum atomic E-state index is 13.0. The van der Waals surface area contributed by atoms with Crippen molar-refractivity contribution < 1.29 is 9.53 Å². The minimum Gasteiger partial charge on any atom is -0.379 e. The van der Waals surface area contributed by atoms with E-state index in [0.717, 1.165) is 5.70 Å². The molecule has 4 aliphatic rings. The number of thioether (sulfide) groups is 1. The number of nitrogens with zero attached hydrogens (tertiary/aromatic N) is 2. The molecule has 1 atom stereocenters. The first-order valence-corrected chi connectivity index (χ1v) is 13.2. The van der Waals surface area contributed by atoms with Crippen LogP contribution in [-0.4, -0.2) is 48.2 Å². The Labute approximate surface area is 202 Å². The Bertz CT molecular complexity index is 954. The molecule has 1 saturated carbocycles. The van der Waals surface area contributed by atoms with Crippen LogP contribution in [0, 0.1) is 5.92 Å². The summed E-state index contributed by atoms with van der Waals surface area (Å²) in [6.07, 6.45) is 14.3. The molecule has 0 bridgehead atoms. The number of rotatable bonds is 3. The number of hydrogen-bond donors (Lipinski definition) is 1. The lowest BCUT2D eigenvalue weighted by molar-refractivity contribution is -0.123. The molecule has 176 valence electrons. The Kier molecular flexibility index (Phi) is 8.59. The fourth-order valence-corrected chi connectivity index (χ4v) is 5.81. The summed E-state index contributed by atoms with van der Waals surface area (Å²) in [7, 11) is 0. The summed E-state index contributed by atoms with van der Waals surface area (Å²) in [5.41, 5.74) is 7.13. The Balaban J connectivity index is 0.00000126. The van der Waals surface area contributed by atoms with Gasteiger partial charge in [-0.05, 0) is 31.1 Å². The van der Waals surface area contributed by atoms with E-state index in [2.05, 4.69) is 35.8 Å². The minimum absolute atomic E-state index is 0.0825. The fourth-order valence-electron chi connectivity index (χ4n) is 4.67. The summed E-state index contributed by atoms with van der Waals surface area (Å²) in [6, 6.07) is 8.65. The van der Waals surface area contributed by atoms with Crippen LogP contribution in [-0.2, 0) is 9.53 Å². The summed E-state index contributed by atoms with van der Waals surface area (Å²) in [5, 5.41) is 2.04. The molecule has 1 amide bonds. The second-order valence-electron chi connectivity index (χ2n) is 8.48. The van der Waals surface area contributed by atoms with Gasteiger partial charge in [-0.15, -0.1) is 11.8 Å². The number of nitrogens with one attached hydrogen (secondary N) is 1. The van der Waals surface area contributed by atoms with Gasteiger partial charge >= 0.3 is 0 Å². The first-order chi connectivity index (χ1) is 16.3. The highest BCUT2D eigenvalue weighted by molar-refractivity contribution is 8.00. The van der Waals surface area contributed by atoms with Crippen molar-refractivity contribution in [2.24, 2.45) is 10.9 Å². The average Bonchev–Trinajstić information content (AvgIpc) is 3.16. The predicted molar refractivity (Wildman–Crippen MR) is 136 cm³/mol. The minimum atomic E-state index is -0.0825. The van der Waals surface area contributed by atoms with Gasteiger partial charge in [0, 0.05) is 35.0 Å². The molecule has 1 aromatic rings. The molecule has 1 unspecified atom stereocenters. The quantitative estimate of drug-likeness (QED) is 0.658. The summed E-state index contributed by atoms with van der Waals surface area (Å²) in [4.78, 5) is 19.5. The zero-order chi connectivity index (χ0) is 23.0. The third-order valence-electron chi connectivity index (χ3n) is 6.35. The molecule has 0 radical (unpaired) electrons. The highest BCUT2D eigenvalue weighted by atomic mass is 32.2. The van der Waals surface area contributed by atoms with Crippen LogP contribution in [0.4, 0.5) is 0 Å². The van der Waals surface area contributed by atoms with Gasteiger partial charge < -0.3 is 4.74 Å². The number of carbonyl (C=O) groups excluding carboxylic acids is 1. The summed E-state index contributed by atoms with van der Waals surface area (Å²) < 4.78 is 5.38. The van der Waals surface area contributed by atoms with E-state index < -0.39 is 0 Å². The zero-order valence-corrected chi connectivity index (χ0v) is 20.6. The lowest BCUT2D eigenvalue weighted by atomic mass is 9.83. The molecular formula is C27H35N3O2S. The van der Waals surface area contributed by atoms with E-state index in [1.54, 1.807) is 0 Å². The fraction of sp³-hybridized carbons (Fsp3) is 0.481. The van der Waals surface area contributed by atoms with E-state index in [1.807, 2.05) is 48.8 Å². The number of hydrazine groups is 1. The molecular weight excluding hydrogens is 430 g/mol. The van der Waals surface area contributed by atoms with Crippen LogP contribution in [0.2, 0.25) is 0 Å². The third kappa shape index (κ3) is 5.86. The molecule has 5 nitrogen and oxygen atoms in total. The monoisotopic (exact) mass is 465 g/mol. The maximum absolute atomic E-state index is 13.0. The van der Waals surface area contributed by atoms with Gasteiger partial charge in [-0.3, -0.25) is 15.2 Å². The number of ether oxygens (including phenoxy) is 1. The number of hydrogen-bond acceptors (Lipinski definition) is 5. The van der Waals surface area contributed by atoms with Crippen LogP contribution in [0.3, 0.4) is 0 Å². The standard InChI is InChI=1S/C25H29N3O2S.C2H6/c29-25(27-28-13-15-30-16-14-28)19-9-6-12-23-21(17-19)26-24(18-7-2-1-3-8-18)20-10-4-5-11-22(20)31-23;1-2/h4-6,9-12,17-18,23H,1-3,7-8,13-16H2,(H,27,29);1-2H3. The topological polar surface area (TPSA) is 53.9 Å². The van der Waals surface area contributed by atoms with Gasteiger partial charge in [-0.2, -0.15) is 0 Å². The van der Waals surface area contributed by atoms with E-state index in [1.165, 1.54) is 48.3 Å². The maximum Gasteiger partial charge on any atom is 0.265 e. The number of carbonyl (C=O) groups is 1. The molecule has 33 heavy (non-hydrogen) atoms. The molecule has 1 N–H and O–H groups in total. The van der Waals surface area contributed by atoms with Crippen molar-refractivity contribution >= 4 is 23.4 Å². The summed E-state index contributed by atoms with van der Waals surface area (Å²) >= 11 is 1.83. The normalized spacial score (nSPS) is 23.3. The molecule has 0 spiro atoms. The van der Waals surface area contributed by atoms with Gasteiger partial charge in [-0.25, -0.2) is 5.01 Å². The summed E-state index contributed by atoms with van der Waals surface area (Å²) in [6.45, 7) is 6.71. The van der Waals surface area contributed by atoms with Crippen LogP contribution < -0.4 is 5.43 Å². The first-order valence-electron chi connectivity index (χ1n) is 12.4. The number of aliphatic imine (C=N–C) groups is 1. The third-order valence-corrected chi connectivity index (χ3v) is 7.61. The Morgan fingerprint density at radius 2 is 1.88 bits per heavy atom. The van der Waals surface area contributed by atoms with E-state index in [-0.39, 0.29) is 11.2 Å². The lowest BCUT2D eigenvalue weighted by Crippen LogP contribution is -2.48. The SMILES string of the molecule is CC.O=C(NN1CCOCC1)C1=CC=CC2Sc3ccccc3C(C3CCCCC3)=NC2=C1. The largest absolute Gasteiger partial charge is 0.379 e. The van der Waals surface area contributed by atoms with Crippen molar-refractivity contribution in [3.8, 4) is 0 Å². The zero-order valence-electron chi connectivity index (χ0n) is 19.8. The van der Waals surface area contributed by atoms with E-state index in [0.29, 0.717) is 37.8 Å². The second kappa shape index (κ2) is 11.8. The molecule has 2 aliphatic heterocycles. The van der Waals surface area contributed by atoms with Crippen LogP contribution >= 0.6 is 11.8 Å². The van der Waals surface area contributed by atoms with Crippen molar-refractivity contribution in [2.45, 2.75) is 56.1 Å². The van der Waals surface area contributed by atoms with Crippen LogP contribution in [0.1, 0.15) is 51.5 Å². The van der Waals surface area contributed by atoms with Crippen molar-refractivity contribution in [2.75, 3.05) is 26.3 Å². The number of morpholine rings is 1.